The molecule has 23 heavy (non-hydrogen) atoms. The second-order valence-electron chi connectivity index (χ2n) is 5.03. The Morgan fingerprint density at radius 2 is 2.09 bits per heavy atom. The molecule has 0 aliphatic rings. The number of hydrogen-bond acceptors (Lipinski definition) is 4. The Hall–Kier alpha value is -2.71. The van der Waals surface area contributed by atoms with Crippen molar-refractivity contribution in [1.29, 1.82) is 5.26 Å². The molecule has 0 saturated heterocycles. The molecule has 0 radical (unpaired) electrons. The number of rotatable bonds is 3. The summed E-state index contributed by atoms with van der Waals surface area (Å²) in [4.78, 5) is 16.6. The topological polar surface area (TPSA) is 71.6 Å². The first kappa shape index (κ1) is 15.2. The highest BCUT2D eigenvalue weighted by atomic mass is 35.5. The second kappa shape index (κ2) is 6.19. The third-order valence-corrected chi connectivity index (χ3v) is 4.05. The Labute approximate surface area is 137 Å². The van der Waals surface area contributed by atoms with Crippen molar-refractivity contribution < 1.29 is 0 Å². The Morgan fingerprint density at radius 3 is 2.83 bits per heavy atom. The summed E-state index contributed by atoms with van der Waals surface area (Å²) in [6.45, 7) is 2.22. The van der Waals surface area contributed by atoms with Crippen LogP contribution in [-0.4, -0.2) is 14.8 Å². The highest BCUT2D eigenvalue weighted by Gasteiger charge is 2.21. The minimum absolute atomic E-state index is 0.0170. The summed E-state index contributed by atoms with van der Waals surface area (Å²) in [5, 5.41) is 14.6. The molecule has 0 aliphatic heterocycles. The fourth-order valence-corrected chi connectivity index (χ4v) is 2.70. The molecule has 0 spiro atoms. The van der Waals surface area contributed by atoms with Crippen LogP contribution in [0.5, 0.6) is 0 Å². The van der Waals surface area contributed by atoms with E-state index in [-0.39, 0.29) is 5.02 Å². The van der Waals surface area contributed by atoms with Crippen molar-refractivity contribution in [3.8, 4) is 6.07 Å². The number of aromatic nitrogens is 3. The highest BCUT2D eigenvalue weighted by Crippen LogP contribution is 2.27. The maximum Gasteiger partial charge on any atom is 0.285 e. The Kier molecular flexibility index (Phi) is 4.09. The summed E-state index contributed by atoms with van der Waals surface area (Å²) in [5.41, 5.74) is 1.32. The van der Waals surface area contributed by atoms with E-state index in [0.29, 0.717) is 17.8 Å². The number of aryl methyl sites for hydroxylation is 1. The third-order valence-electron chi connectivity index (χ3n) is 3.67. The van der Waals surface area contributed by atoms with Gasteiger partial charge >= 0.3 is 0 Å². The normalized spacial score (nSPS) is 12.0. The summed E-state index contributed by atoms with van der Waals surface area (Å²) in [6.07, 6.45) is 1.47. The molecule has 5 nitrogen and oxygen atoms in total. The number of hydrogen-bond donors (Lipinski definition) is 0. The Bertz CT molecular complexity index is 974. The average molecular weight is 325 g/mol. The van der Waals surface area contributed by atoms with E-state index >= 15 is 0 Å². The highest BCUT2D eigenvalue weighted by molar-refractivity contribution is 6.31. The van der Waals surface area contributed by atoms with Crippen molar-refractivity contribution in [3.63, 3.8) is 0 Å². The molecule has 3 rings (SSSR count). The van der Waals surface area contributed by atoms with Crippen molar-refractivity contribution in [2.75, 3.05) is 0 Å². The number of para-hydroxylation sites is 1. The van der Waals surface area contributed by atoms with E-state index in [2.05, 4.69) is 16.2 Å². The lowest BCUT2D eigenvalue weighted by Crippen LogP contribution is -2.24. The van der Waals surface area contributed by atoms with Gasteiger partial charge in [-0.05, 0) is 19.1 Å². The van der Waals surface area contributed by atoms with Gasteiger partial charge in [0.25, 0.3) is 5.56 Å². The molecule has 0 saturated carbocycles. The summed E-state index contributed by atoms with van der Waals surface area (Å²) < 4.78 is 1.26. The molecular formula is C17H13ClN4O. The fourth-order valence-electron chi connectivity index (χ4n) is 2.44. The SMILES string of the molecule is CCn1ncc(C(C#N)c2ccc3ccccc3n2)c(Cl)c1=O. The molecule has 3 aromatic rings. The quantitative estimate of drug-likeness (QED) is 0.742. The van der Waals surface area contributed by atoms with Crippen LogP contribution in [0.2, 0.25) is 5.02 Å². The molecule has 114 valence electrons. The lowest BCUT2D eigenvalue weighted by molar-refractivity contribution is 0.610. The molecule has 1 atom stereocenters. The number of pyridine rings is 1. The van der Waals surface area contributed by atoms with Crippen LogP contribution in [0.4, 0.5) is 0 Å². The number of halogens is 1. The van der Waals surface area contributed by atoms with E-state index < -0.39 is 11.5 Å². The molecule has 2 heterocycles. The van der Waals surface area contributed by atoms with Gasteiger partial charge in [-0.1, -0.05) is 35.9 Å². The van der Waals surface area contributed by atoms with Gasteiger partial charge in [-0.15, -0.1) is 0 Å². The molecule has 6 heteroatoms. The second-order valence-corrected chi connectivity index (χ2v) is 5.40. The van der Waals surface area contributed by atoms with Crippen molar-refractivity contribution in [3.05, 3.63) is 69.2 Å². The zero-order chi connectivity index (χ0) is 16.4. The number of fused-ring (bicyclic) bond motifs is 1. The third kappa shape index (κ3) is 2.69. The summed E-state index contributed by atoms with van der Waals surface area (Å²) in [7, 11) is 0. The maximum absolute atomic E-state index is 12.1. The number of benzene rings is 1. The van der Waals surface area contributed by atoms with E-state index in [1.165, 1.54) is 10.9 Å². The van der Waals surface area contributed by atoms with Gasteiger partial charge in [0, 0.05) is 17.5 Å². The zero-order valence-corrected chi connectivity index (χ0v) is 13.2. The van der Waals surface area contributed by atoms with Gasteiger partial charge in [-0.3, -0.25) is 9.78 Å². The first-order chi connectivity index (χ1) is 11.2. The predicted molar refractivity (Wildman–Crippen MR) is 88.4 cm³/mol. The lowest BCUT2D eigenvalue weighted by atomic mass is 9.98. The van der Waals surface area contributed by atoms with Crippen LogP contribution in [0.25, 0.3) is 10.9 Å². The van der Waals surface area contributed by atoms with Gasteiger partial charge in [0.1, 0.15) is 10.9 Å². The number of nitriles is 1. The molecule has 2 aromatic heterocycles. The first-order valence-corrected chi connectivity index (χ1v) is 7.54. The molecule has 1 unspecified atom stereocenters. The molecule has 0 N–H and O–H groups in total. The average Bonchev–Trinajstić information content (AvgIpc) is 2.59. The maximum atomic E-state index is 12.1. The van der Waals surface area contributed by atoms with E-state index in [9.17, 15) is 10.1 Å². The van der Waals surface area contributed by atoms with Crippen LogP contribution in [0.3, 0.4) is 0 Å². The van der Waals surface area contributed by atoms with Crippen LogP contribution >= 0.6 is 11.6 Å². The van der Waals surface area contributed by atoms with Gasteiger partial charge in [0.2, 0.25) is 0 Å². The molecule has 0 amide bonds. The molecule has 0 aliphatic carbocycles. The standard InChI is InChI=1S/C17H13ClN4O/c1-2-22-17(23)16(18)13(10-20-22)12(9-19)15-8-7-11-5-3-4-6-14(11)21-15/h3-8,10,12H,2H2,1H3. The smallest absolute Gasteiger partial charge is 0.266 e. The van der Waals surface area contributed by atoms with Crippen LogP contribution in [-0.2, 0) is 6.54 Å². The van der Waals surface area contributed by atoms with Gasteiger partial charge < -0.3 is 0 Å². The summed E-state index contributed by atoms with van der Waals surface area (Å²) in [6, 6.07) is 13.5. The minimum atomic E-state index is -0.737. The summed E-state index contributed by atoms with van der Waals surface area (Å²) in [5.74, 6) is -0.737. The first-order valence-electron chi connectivity index (χ1n) is 7.16. The summed E-state index contributed by atoms with van der Waals surface area (Å²) >= 11 is 6.17. The zero-order valence-electron chi connectivity index (χ0n) is 12.4. The largest absolute Gasteiger partial charge is 0.285 e. The molecule has 1 aromatic carbocycles. The molecular weight excluding hydrogens is 312 g/mol. The van der Waals surface area contributed by atoms with Crippen molar-refractivity contribution in [1.82, 2.24) is 14.8 Å². The van der Waals surface area contributed by atoms with Gasteiger partial charge in [0.05, 0.1) is 23.5 Å². The van der Waals surface area contributed by atoms with Crippen LogP contribution in [0.15, 0.2) is 47.4 Å². The van der Waals surface area contributed by atoms with E-state index in [4.69, 9.17) is 11.6 Å². The van der Waals surface area contributed by atoms with Crippen LogP contribution in [0, 0.1) is 11.3 Å². The van der Waals surface area contributed by atoms with Gasteiger partial charge in [0.15, 0.2) is 0 Å². The molecule has 0 bridgehead atoms. The van der Waals surface area contributed by atoms with Crippen molar-refractivity contribution >= 4 is 22.5 Å². The van der Waals surface area contributed by atoms with E-state index in [1.807, 2.05) is 30.3 Å². The lowest BCUT2D eigenvalue weighted by Gasteiger charge is -2.12. The Morgan fingerprint density at radius 1 is 1.30 bits per heavy atom. The fraction of sp³-hybridized carbons (Fsp3) is 0.176. The minimum Gasteiger partial charge on any atom is -0.266 e. The van der Waals surface area contributed by atoms with Crippen molar-refractivity contribution in [2.45, 2.75) is 19.4 Å². The van der Waals surface area contributed by atoms with E-state index in [1.54, 1.807) is 13.0 Å². The monoisotopic (exact) mass is 324 g/mol. The predicted octanol–water partition coefficient (Wildman–Crippen LogP) is 3.12. The van der Waals surface area contributed by atoms with Gasteiger partial charge in [-0.25, -0.2) is 4.68 Å². The molecule has 0 fully saturated rings. The van der Waals surface area contributed by atoms with Crippen LogP contribution in [0.1, 0.15) is 24.1 Å². The van der Waals surface area contributed by atoms with Crippen molar-refractivity contribution in [2.24, 2.45) is 0 Å². The Balaban J connectivity index is 2.14. The number of nitrogens with zero attached hydrogens (tertiary/aromatic N) is 4. The van der Waals surface area contributed by atoms with E-state index in [0.717, 1.165) is 10.9 Å². The van der Waals surface area contributed by atoms with Gasteiger partial charge in [-0.2, -0.15) is 10.4 Å². The van der Waals surface area contributed by atoms with Crippen LogP contribution < -0.4 is 5.56 Å².